The molecule has 0 aliphatic carbocycles. The van der Waals surface area contributed by atoms with Gasteiger partial charge in [0.05, 0.1) is 12.1 Å². The van der Waals surface area contributed by atoms with Crippen molar-refractivity contribution in [1.29, 1.82) is 0 Å². The minimum absolute atomic E-state index is 0.352. The van der Waals surface area contributed by atoms with Crippen LogP contribution in [0.2, 0.25) is 0 Å². The first kappa shape index (κ1) is 28.6. The Bertz CT molecular complexity index is 926. The number of ether oxygens (including phenoxy) is 1. The molecule has 0 fully saturated rings. The highest BCUT2D eigenvalue weighted by Crippen LogP contribution is 2.07. The van der Waals surface area contributed by atoms with Gasteiger partial charge in [0.2, 0.25) is 11.8 Å². The van der Waals surface area contributed by atoms with Gasteiger partial charge in [-0.2, -0.15) is 0 Å². The molecule has 0 saturated carbocycles. The van der Waals surface area contributed by atoms with Crippen molar-refractivity contribution in [3.63, 3.8) is 0 Å². The summed E-state index contributed by atoms with van der Waals surface area (Å²) in [5.41, 5.74) is 0.987. The third-order valence-electron chi connectivity index (χ3n) is 4.89. The summed E-state index contributed by atoms with van der Waals surface area (Å²) in [6.45, 7) is 5.39. The van der Waals surface area contributed by atoms with Crippen LogP contribution in [-0.4, -0.2) is 60.5 Å². The highest BCUT2D eigenvalue weighted by molar-refractivity contribution is 7.80. The average molecular weight is 489 g/mol. The van der Waals surface area contributed by atoms with Gasteiger partial charge in [-0.1, -0.05) is 18.1 Å². The minimum atomic E-state index is -0.937. The maximum atomic E-state index is 12.9. The summed E-state index contributed by atoms with van der Waals surface area (Å²) in [6, 6.07) is 3.76. The third kappa shape index (κ3) is 10.0. The number of rotatable bonds is 12. The van der Waals surface area contributed by atoms with E-state index in [0.29, 0.717) is 35.5 Å². The summed E-state index contributed by atoms with van der Waals surface area (Å²) in [5.74, 6) is 0.371. The predicted octanol–water partition coefficient (Wildman–Crippen LogP) is 1.06. The third-order valence-corrected chi connectivity index (χ3v) is 5.04. The summed E-state index contributed by atoms with van der Waals surface area (Å²) >= 11 is 4.98. The Morgan fingerprint density at radius 3 is 2.18 bits per heavy atom. The standard InChI is InChI=1S/C24H32N4O5S/c1-6-18-10-12-19(13-11-18)22(30)28-20(9-7-8-14-25-17(4)34)23(31)26-15(2)21(29)27-16(3)24(32)33-5/h1,10-13,15-16,20H,7-9,14H2,2-5H3,(H,25,34)(H,26,31)(H,27,29)(H,28,30). The van der Waals surface area contributed by atoms with Crippen LogP contribution in [0.4, 0.5) is 0 Å². The maximum absolute atomic E-state index is 12.9. The SMILES string of the molecule is C#Cc1ccc(C(=O)NC(CCCCNC(C)=S)C(=O)NC(C)C(=O)NC(C)C(=O)OC)cc1. The molecule has 9 nitrogen and oxygen atoms in total. The molecule has 4 N–H and O–H groups in total. The lowest BCUT2D eigenvalue weighted by atomic mass is 10.1. The van der Waals surface area contributed by atoms with Crippen molar-refractivity contribution in [3.8, 4) is 12.3 Å². The van der Waals surface area contributed by atoms with Gasteiger partial charge >= 0.3 is 5.97 Å². The van der Waals surface area contributed by atoms with E-state index in [2.05, 4.69) is 31.9 Å². The average Bonchev–Trinajstić information content (AvgIpc) is 2.81. The van der Waals surface area contributed by atoms with Crippen LogP contribution in [0.5, 0.6) is 0 Å². The fourth-order valence-electron chi connectivity index (χ4n) is 2.92. The molecule has 3 atom stereocenters. The number of benzene rings is 1. The predicted molar refractivity (Wildman–Crippen MR) is 133 cm³/mol. The molecule has 1 rings (SSSR count). The Balaban J connectivity index is 2.82. The van der Waals surface area contributed by atoms with Gasteiger partial charge in [-0.25, -0.2) is 4.79 Å². The van der Waals surface area contributed by atoms with Crippen molar-refractivity contribution in [2.45, 2.75) is 58.2 Å². The van der Waals surface area contributed by atoms with Crippen LogP contribution >= 0.6 is 12.2 Å². The van der Waals surface area contributed by atoms with Crippen molar-refractivity contribution in [1.82, 2.24) is 21.3 Å². The van der Waals surface area contributed by atoms with Crippen LogP contribution < -0.4 is 21.3 Å². The Morgan fingerprint density at radius 2 is 1.62 bits per heavy atom. The molecule has 0 aliphatic rings. The minimum Gasteiger partial charge on any atom is -0.467 e. The Morgan fingerprint density at radius 1 is 1.00 bits per heavy atom. The van der Waals surface area contributed by atoms with E-state index in [1.165, 1.54) is 21.0 Å². The zero-order chi connectivity index (χ0) is 25.7. The van der Waals surface area contributed by atoms with Gasteiger partial charge in [0.15, 0.2) is 0 Å². The van der Waals surface area contributed by atoms with Gasteiger partial charge in [0.1, 0.15) is 18.1 Å². The summed E-state index contributed by atoms with van der Waals surface area (Å²) < 4.78 is 4.58. The van der Waals surface area contributed by atoms with E-state index >= 15 is 0 Å². The molecule has 1 aromatic rings. The number of thiocarbonyl (C=S) groups is 1. The van der Waals surface area contributed by atoms with Gasteiger partial charge in [0, 0.05) is 17.7 Å². The van der Waals surface area contributed by atoms with E-state index in [1.54, 1.807) is 31.2 Å². The normalized spacial score (nSPS) is 12.8. The number of carbonyl (C=O) groups excluding carboxylic acids is 4. The lowest BCUT2D eigenvalue weighted by Gasteiger charge is -2.22. The highest BCUT2D eigenvalue weighted by atomic mass is 32.1. The van der Waals surface area contributed by atoms with Crippen LogP contribution in [0.15, 0.2) is 24.3 Å². The molecule has 0 heterocycles. The first-order chi connectivity index (χ1) is 16.1. The van der Waals surface area contributed by atoms with Crippen LogP contribution in [0, 0.1) is 12.3 Å². The molecular formula is C24H32N4O5S. The molecule has 10 heteroatoms. The van der Waals surface area contributed by atoms with Crippen LogP contribution in [0.1, 0.15) is 56.0 Å². The molecule has 0 spiro atoms. The summed E-state index contributed by atoms with van der Waals surface area (Å²) in [6.07, 6.45) is 7.06. The van der Waals surface area contributed by atoms with Gasteiger partial charge in [0.25, 0.3) is 5.91 Å². The molecule has 0 aliphatic heterocycles. The fraction of sp³-hybridized carbons (Fsp3) is 0.458. The molecule has 0 saturated heterocycles. The molecule has 1 aromatic carbocycles. The number of esters is 1. The van der Waals surface area contributed by atoms with Crippen LogP contribution in [-0.2, 0) is 19.1 Å². The van der Waals surface area contributed by atoms with E-state index in [0.717, 1.165) is 6.42 Å². The molecule has 0 radical (unpaired) electrons. The quantitative estimate of drug-likeness (QED) is 0.150. The lowest BCUT2D eigenvalue weighted by molar-refractivity contribution is -0.144. The number of nitrogens with one attached hydrogen (secondary N) is 4. The molecule has 3 amide bonds. The van der Waals surface area contributed by atoms with Gasteiger partial charge in [-0.3, -0.25) is 14.4 Å². The van der Waals surface area contributed by atoms with Crippen molar-refractivity contribution in [2.24, 2.45) is 0 Å². The second-order valence-electron chi connectivity index (χ2n) is 7.71. The molecule has 34 heavy (non-hydrogen) atoms. The second kappa shape index (κ2) is 14.6. The maximum Gasteiger partial charge on any atom is 0.328 e. The Hall–Kier alpha value is -3.45. The summed E-state index contributed by atoms with van der Waals surface area (Å²) in [7, 11) is 1.22. The fourth-order valence-corrected chi connectivity index (χ4v) is 3.02. The topological polar surface area (TPSA) is 126 Å². The molecular weight excluding hydrogens is 456 g/mol. The number of carbonyl (C=O) groups is 4. The number of amides is 3. The number of terminal acetylenes is 1. The largest absolute Gasteiger partial charge is 0.467 e. The van der Waals surface area contributed by atoms with E-state index in [9.17, 15) is 19.2 Å². The highest BCUT2D eigenvalue weighted by Gasteiger charge is 2.26. The number of unbranched alkanes of at least 4 members (excludes halogenated alkanes) is 1. The molecule has 0 aromatic heterocycles. The van der Waals surface area contributed by atoms with Gasteiger partial charge in [-0.05, 0) is 64.3 Å². The molecule has 184 valence electrons. The monoisotopic (exact) mass is 488 g/mol. The lowest BCUT2D eigenvalue weighted by Crippen LogP contribution is -2.54. The number of methoxy groups -OCH3 is 1. The van der Waals surface area contributed by atoms with Crippen molar-refractivity contribution < 1.29 is 23.9 Å². The number of hydrogen-bond acceptors (Lipinski definition) is 6. The van der Waals surface area contributed by atoms with Gasteiger partial charge < -0.3 is 26.0 Å². The second-order valence-corrected chi connectivity index (χ2v) is 8.32. The Kier molecular flexibility index (Phi) is 12.3. The molecule has 0 bridgehead atoms. The summed E-state index contributed by atoms with van der Waals surface area (Å²) in [4.78, 5) is 50.2. The zero-order valence-corrected chi connectivity index (χ0v) is 20.7. The van der Waals surface area contributed by atoms with E-state index in [-0.39, 0.29) is 0 Å². The van der Waals surface area contributed by atoms with Crippen molar-refractivity contribution in [3.05, 3.63) is 35.4 Å². The first-order valence-corrected chi connectivity index (χ1v) is 11.3. The first-order valence-electron chi connectivity index (χ1n) is 10.9. The van der Waals surface area contributed by atoms with E-state index in [1.807, 2.05) is 0 Å². The summed E-state index contributed by atoms with van der Waals surface area (Å²) in [5, 5.41) is 10.8. The van der Waals surface area contributed by atoms with Crippen molar-refractivity contribution >= 4 is 40.9 Å². The van der Waals surface area contributed by atoms with Crippen molar-refractivity contribution in [2.75, 3.05) is 13.7 Å². The van der Waals surface area contributed by atoms with E-state index < -0.39 is 41.8 Å². The zero-order valence-electron chi connectivity index (χ0n) is 19.9. The Labute approximate surface area is 205 Å². The van der Waals surface area contributed by atoms with Gasteiger partial charge in [-0.15, -0.1) is 6.42 Å². The van der Waals surface area contributed by atoms with Crippen LogP contribution in [0.3, 0.4) is 0 Å². The van der Waals surface area contributed by atoms with E-state index in [4.69, 9.17) is 18.6 Å². The smallest absolute Gasteiger partial charge is 0.328 e. The number of hydrogen-bond donors (Lipinski definition) is 4. The van der Waals surface area contributed by atoms with Crippen LogP contribution in [0.25, 0.3) is 0 Å². The molecule has 3 unspecified atom stereocenters.